The van der Waals surface area contributed by atoms with E-state index in [1.165, 1.54) is 12.1 Å². The van der Waals surface area contributed by atoms with E-state index in [4.69, 9.17) is 23.8 Å². The number of nitrogens with one attached hydrogen (secondary N) is 3. The number of benzene rings is 3. The molecule has 3 aromatic rings. The Bertz CT molecular complexity index is 1160. The standard InChI is InChI=1S/C20H15ClN4O4S/c21-16-9-8-14(10-17(16)25(28)29)19(27)22-20(30)24-23-18(26)11-13-6-3-5-12-4-1-2-7-15(12)13/h1-10H,11H2,(H,23,26)(H2,22,24,27,30). The van der Waals surface area contributed by atoms with Gasteiger partial charge in [0, 0.05) is 11.6 Å². The van der Waals surface area contributed by atoms with Gasteiger partial charge in [-0.1, -0.05) is 54.1 Å². The van der Waals surface area contributed by atoms with Crippen molar-refractivity contribution in [3.8, 4) is 0 Å². The molecule has 0 radical (unpaired) electrons. The van der Waals surface area contributed by atoms with E-state index in [0.717, 1.165) is 22.4 Å². The second-order valence-corrected chi connectivity index (χ2v) is 7.01. The Labute approximate surface area is 181 Å². The lowest BCUT2D eigenvalue weighted by molar-refractivity contribution is -0.384. The number of rotatable bonds is 4. The van der Waals surface area contributed by atoms with Gasteiger partial charge in [0.15, 0.2) is 5.11 Å². The highest BCUT2D eigenvalue weighted by atomic mass is 35.5. The fourth-order valence-electron chi connectivity index (χ4n) is 2.79. The molecule has 0 aromatic heterocycles. The van der Waals surface area contributed by atoms with Gasteiger partial charge in [0.05, 0.1) is 11.3 Å². The Balaban J connectivity index is 1.56. The molecule has 3 N–H and O–H groups in total. The predicted molar refractivity (Wildman–Crippen MR) is 117 cm³/mol. The molecular formula is C20H15ClN4O4S. The fourth-order valence-corrected chi connectivity index (χ4v) is 3.12. The largest absolute Gasteiger partial charge is 0.298 e. The summed E-state index contributed by atoms with van der Waals surface area (Å²) in [6.45, 7) is 0. The molecule has 0 saturated carbocycles. The molecule has 0 aliphatic heterocycles. The number of hydrogen-bond acceptors (Lipinski definition) is 5. The highest BCUT2D eigenvalue weighted by Crippen LogP contribution is 2.25. The normalized spacial score (nSPS) is 10.3. The van der Waals surface area contributed by atoms with Crippen molar-refractivity contribution < 1.29 is 14.5 Å². The molecule has 8 nitrogen and oxygen atoms in total. The summed E-state index contributed by atoms with van der Waals surface area (Å²) < 4.78 is 0. The zero-order chi connectivity index (χ0) is 21.7. The number of thiocarbonyl (C=S) groups is 1. The molecule has 0 fully saturated rings. The average molecular weight is 443 g/mol. The van der Waals surface area contributed by atoms with Gasteiger partial charge in [0.25, 0.3) is 11.6 Å². The fraction of sp³-hybridized carbons (Fsp3) is 0.0500. The summed E-state index contributed by atoms with van der Waals surface area (Å²) in [4.78, 5) is 34.7. The third kappa shape index (κ3) is 5.07. The molecule has 3 rings (SSSR count). The van der Waals surface area contributed by atoms with E-state index in [0.29, 0.717) is 0 Å². The van der Waals surface area contributed by atoms with Crippen molar-refractivity contribution >= 4 is 57.2 Å². The van der Waals surface area contributed by atoms with Crippen molar-refractivity contribution in [2.24, 2.45) is 0 Å². The first-order chi connectivity index (χ1) is 14.3. The number of fused-ring (bicyclic) bond motifs is 1. The summed E-state index contributed by atoms with van der Waals surface area (Å²) in [5.74, 6) is -1.04. The predicted octanol–water partition coefficient (Wildman–Crippen LogP) is 3.28. The van der Waals surface area contributed by atoms with E-state index in [9.17, 15) is 19.7 Å². The first-order valence-electron chi connectivity index (χ1n) is 8.66. The molecule has 0 heterocycles. The summed E-state index contributed by atoms with van der Waals surface area (Å²) in [7, 11) is 0. The van der Waals surface area contributed by atoms with Crippen molar-refractivity contribution in [1.29, 1.82) is 0 Å². The molecule has 0 spiro atoms. The van der Waals surface area contributed by atoms with Crippen molar-refractivity contribution in [3.63, 3.8) is 0 Å². The summed E-state index contributed by atoms with van der Waals surface area (Å²) in [6, 6.07) is 17.0. The molecule has 0 atom stereocenters. The van der Waals surface area contributed by atoms with Crippen LogP contribution in [0.2, 0.25) is 5.02 Å². The molecular weight excluding hydrogens is 428 g/mol. The van der Waals surface area contributed by atoms with Gasteiger partial charge >= 0.3 is 0 Å². The average Bonchev–Trinajstić information content (AvgIpc) is 2.72. The maximum absolute atomic E-state index is 12.2. The molecule has 0 aliphatic carbocycles. The van der Waals surface area contributed by atoms with Gasteiger partial charge in [-0.15, -0.1) is 0 Å². The molecule has 0 bridgehead atoms. The highest BCUT2D eigenvalue weighted by Gasteiger charge is 2.17. The Morgan fingerprint density at radius 1 is 1.03 bits per heavy atom. The Morgan fingerprint density at radius 3 is 2.53 bits per heavy atom. The topological polar surface area (TPSA) is 113 Å². The van der Waals surface area contributed by atoms with Crippen LogP contribution in [0.25, 0.3) is 10.8 Å². The van der Waals surface area contributed by atoms with E-state index < -0.39 is 16.5 Å². The van der Waals surface area contributed by atoms with Gasteiger partial charge in [-0.2, -0.15) is 0 Å². The molecule has 0 saturated heterocycles. The number of hydrazine groups is 1. The number of nitro benzene ring substituents is 1. The van der Waals surface area contributed by atoms with Gasteiger partial charge in [-0.25, -0.2) is 0 Å². The van der Waals surface area contributed by atoms with Gasteiger partial charge in [-0.3, -0.25) is 35.9 Å². The van der Waals surface area contributed by atoms with Crippen LogP contribution in [-0.2, 0) is 11.2 Å². The number of carbonyl (C=O) groups excluding carboxylic acids is 2. The number of carbonyl (C=O) groups is 2. The Hall–Kier alpha value is -3.56. The van der Waals surface area contributed by atoms with E-state index in [1.54, 1.807) is 0 Å². The van der Waals surface area contributed by atoms with Crippen LogP contribution in [0.15, 0.2) is 60.7 Å². The number of amides is 2. The lowest BCUT2D eigenvalue weighted by atomic mass is 10.0. The maximum atomic E-state index is 12.2. The van der Waals surface area contributed by atoms with Gasteiger partial charge in [-0.05, 0) is 40.7 Å². The zero-order valence-corrected chi connectivity index (χ0v) is 16.9. The highest BCUT2D eigenvalue weighted by molar-refractivity contribution is 7.80. The Kier molecular flexibility index (Phi) is 6.55. The van der Waals surface area contributed by atoms with E-state index in [1.807, 2.05) is 42.5 Å². The van der Waals surface area contributed by atoms with Crippen LogP contribution in [-0.4, -0.2) is 21.9 Å². The molecule has 3 aromatic carbocycles. The number of hydrogen-bond donors (Lipinski definition) is 3. The zero-order valence-electron chi connectivity index (χ0n) is 15.3. The van der Waals surface area contributed by atoms with Crippen LogP contribution in [0.3, 0.4) is 0 Å². The monoisotopic (exact) mass is 442 g/mol. The second-order valence-electron chi connectivity index (χ2n) is 6.19. The van der Waals surface area contributed by atoms with Crippen molar-refractivity contribution in [3.05, 3.63) is 86.9 Å². The molecule has 10 heteroatoms. The van der Waals surface area contributed by atoms with Crippen LogP contribution < -0.4 is 16.2 Å². The third-order valence-electron chi connectivity index (χ3n) is 4.18. The molecule has 0 aliphatic rings. The first-order valence-corrected chi connectivity index (χ1v) is 9.44. The van der Waals surface area contributed by atoms with Crippen LogP contribution in [0.4, 0.5) is 5.69 Å². The van der Waals surface area contributed by atoms with E-state index in [-0.39, 0.29) is 28.0 Å². The lowest BCUT2D eigenvalue weighted by Gasteiger charge is -2.12. The molecule has 30 heavy (non-hydrogen) atoms. The molecule has 0 unspecified atom stereocenters. The minimum absolute atomic E-state index is 0.00247. The minimum Gasteiger partial charge on any atom is -0.298 e. The second kappa shape index (κ2) is 9.29. The van der Waals surface area contributed by atoms with Crippen LogP contribution in [0.1, 0.15) is 15.9 Å². The van der Waals surface area contributed by atoms with Gasteiger partial charge in [0.2, 0.25) is 5.91 Å². The van der Waals surface area contributed by atoms with Crippen LogP contribution >= 0.6 is 23.8 Å². The molecule has 2 amide bonds. The quantitative estimate of drug-likeness (QED) is 0.324. The van der Waals surface area contributed by atoms with Crippen LogP contribution in [0, 0.1) is 10.1 Å². The van der Waals surface area contributed by atoms with E-state index in [2.05, 4.69) is 16.2 Å². The maximum Gasteiger partial charge on any atom is 0.288 e. The first kappa shape index (κ1) is 21.2. The Morgan fingerprint density at radius 2 is 1.77 bits per heavy atom. The lowest BCUT2D eigenvalue weighted by Crippen LogP contribution is -2.48. The van der Waals surface area contributed by atoms with Crippen molar-refractivity contribution in [2.75, 3.05) is 0 Å². The smallest absolute Gasteiger partial charge is 0.288 e. The number of halogens is 1. The summed E-state index contributed by atoms with van der Waals surface area (Å²) in [5, 5.41) is 15.0. The number of nitrogens with zero attached hydrogens (tertiary/aromatic N) is 1. The summed E-state index contributed by atoms with van der Waals surface area (Å²) >= 11 is 10.7. The number of nitro groups is 1. The van der Waals surface area contributed by atoms with Crippen LogP contribution in [0.5, 0.6) is 0 Å². The van der Waals surface area contributed by atoms with Crippen molar-refractivity contribution in [2.45, 2.75) is 6.42 Å². The van der Waals surface area contributed by atoms with Crippen molar-refractivity contribution in [1.82, 2.24) is 16.2 Å². The SMILES string of the molecule is O=C(Cc1cccc2ccccc12)NNC(=S)NC(=O)c1ccc(Cl)c([N+](=O)[O-])c1. The molecule has 152 valence electrons. The summed E-state index contributed by atoms with van der Waals surface area (Å²) in [5.41, 5.74) is 5.30. The van der Waals surface area contributed by atoms with E-state index >= 15 is 0 Å². The third-order valence-corrected chi connectivity index (χ3v) is 4.70. The van der Waals surface area contributed by atoms with Gasteiger partial charge in [0.1, 0.15) is 5.02 Å². The minimum atomic E-state index is -0.691. The van der Waals surface area contributed by atoms with Gasteiger partial charge < -0.3 is 0 Å². The summed E-state index contributed by atoms with van der Waals surface area (Å²) in [6.07, 6.45) is 0.105.